The maximum Gasteiger partial charge on any atom is 0.321 e. The van der Waals surface area contributed by atoms with Gasteiger partial charge in [0.15, 0.2) is 5.82 Å². The lowest BCUT2D eigenvalue weighted by atomic mass is 10.2. The van der Waals surface area contributed by atoms with E-state index in [-0.39, 0.29) is 0 Å². The molecule has 0 aliphatic heterocycles. The number of aromatic nitrogens is 2. The Hall–Kier alpha value is -0.710. The molecule has 1 aliphatic carbocycles. The van der Waals surface area contributed by atoms with E-state index in [2.05, 4.69) is 36.2 Å². The van der Waals surface area contributed by atoms with E-state index in [4.69, 9.17) is 4.52 Å². The van der Waals surface area contributed by atoms with Crippen LogP contribution in [0.25, 0.3) is 0 Å². The zero-order chi connectivity index (χ0) is 12.3. The van der Waals surface area contributed by atoms with Gasteiger partial charge in [0.05, 0.1) is 0 Å². The molecule has 5 heteroatoms. The zero-order valence-corrected chi connectivity index (χ0v) is 11.6. The number of nitrogens with zero attached hydrogens (tertiary/aromatic N) is 2. The molecule has 0 aromatic carbocycles. The van der Waals surface area contributed by atoms with Crippen molar-refractivity contribution in [3.8, 4) is 0 Å². The number of rotatable bonds is 5. The highest BCUT2D eigenvalue weighted by Gasteiger charge is 2.28. The standard InChI is InChI=1S/C12H21N3OS/c1-4-17-10-7-5-6-9(10)13-12-14-11(8(2)3)15-16-12/h8-10H,4-7H2,1-3H3,(H,13,14,15). The topological polar surface area (TPSA) is 51.0 Å². The molecule has 0 spiro atoms. The number of hydrogen-bond acceptors (Lipinski definition) is 5. The second-order valence-corrected chi connectivity index (χ2v) is 6.30. The van der Waals surface area contributed by atoms with Crippen molar-refractivity contribution in [1.82, 2.24) is 10.1 Å². The van der Waals surface area contributed by atoms with Crippen LogP contribution in [0.1, 0.15) is 51.8 Å². The third-order valence-corrected chi connectivity index (χ3v) is 4.43. The van der Waals surface area contributed by atoms with Gasteiger partial charge in [0.25, 0.3) is 0 Å². The average molecular weight is 255 g/mol. The van der Waals surface area contributed by atoms with E-state index in [1.54, 1.807) is 0 Å². The van der Waals surface area contributed by atoms with Crippen molar-refractivity contribution < 1.29 is 4.52 Å². The van der Waals surface area contributed by atoms with Gasteiger partial charge in [-0.2, -0.15) is 16.7 Å². The molecule has 1 N–H and O–H groups in total. The summed E-state index contributed by atoms with van der Waals surface area (Å²) in [6.45, 7) is 6.35. The summed E-state index contributed by atoms with van der Waals surface area (Å²) in [5.74, 6) is 2.27. The third-order valence-electron chi connectivity index (χ3n) is 3.10. The molecule has 1 aromatic rings. The van der Waals surface area contributed by atoms with Crippen LogP contribution in [0.5, 0.6) is 0 Å². The normalized spacial score (nSPS) is 24.5. The van der Waals surface area contributed by atoms with Gasteiger partial charge in [0.1, 0.15) is 0 Å². The number of anilines is 1. The summed E-state index contributed by atoms with van der Waals surface area (Å²) in [7, 11) is 0. The molecule has 2 atom stereocenters. The van der Waals surface area contributed by atoms with Crippen molar-refractivity contribution in [3.05, 3.63) is 5.82 Å². The second-order valence-electron chi connectivity index (χ2n) is 4.79. The Balaban J connectivity index is 1.94. The van der Waals surface area contributed by atoms with E-state index < -0.39 is 0 Å². The Labute approximate surface area is 107 Å². The monoisotopic (exact) mass is 255 g/mol. The fraction of sp³-hybridized carbons (Fsp3) is 0.833. The van der Waals surface area contributed by atoms with Crippen LogP contribution in [0.4, 0.5) is 6.01 Å². The zero-order valence-electron chi connectivity index (χ0n) is 10.8. The molecule has 4 nitrogen and oxygen atoms in total. The second kappa shape index (κ2) is 5.76. The first-order valence-electron chi connectivity index (χ1n) is 6.42. The van der Waals surface area contributed by atoms with Gasteiger partial charge >= 0.3 is 6.01 Å². The Morgan fingerprint density at radius 1 is 1.47 bits per heavy atom. The minimum absolute atomic E-state index is 0.318. The summed E-state index contributed by atoms with van der Waals surface area (Å²) in [4.78, 5) is 4.37. The van der Waals surface area contributed by atoms with Crippen LogP contribution in [-0.4, -0.2) is 27.2 Å². The molecule has 0 amide bonds. The molecule has 0 radical (unpaired) electrons. The van der Waals surface area contributed by atoms with Crippen molar-refractivity contribution in [2.75, 3.05) is 11.1 Å². The molecular formula is C12H21N3OS. The maximum atomic E-state index is 5.23. The summed E-state index contributed by atoms with van der Waals surface area (Å²) < 4.78 is 5.23. The lowest BCUT2D eigenvalue weighted by molar-refractivity contribution is 0.415. The molecule has 96 valence electrons. The summed E-state index contributed by atoms with van der Waals surface area (Å²) in [5.41, 5.74) is 0. The lowest BCUT2D eigenvalue weighted by Gasteiger charge is -2.18. The molecule has 1 saturated carbocycles. The highest BCUT2D eigenvalue weighted by atomic mass is 32.2. The fourth-order valence-electron chi connectivity index (χ4n) is 2.19. The van der Waals surface area contributed by atoms with E-state index in [0.717, 1.165) is 5.82 Å². The first-order valence-corrected chi connectivity index (χ1v) is 7.47. The average Bonchev–Trinajstić information content (AvgIpc) is 2.90. The molecule has 17 heavy (non-hydrogen) atoms. The van der Waals surface area contributed by atoms with E-state index in [9.17, 15) is 0 Å². The number of thioether (sulfide) groups is 1. The first kappa shape index (κ1) is 12.7. The molecule has 1 fully saturated rings. The van der Waals surface area contributed by atoms with Gasteiger partial charge < -0.3 is 9.84 Å². The highest BCUT2D eigenvalue weighted by molar-refractivity contribution is 7.99. The molecule has 1 aliphatic rings. The predicted octanol–water partition coefficient (Wildman–Crippen LogP) is 3.28. The summed E-state index contributed by atoms with van der Waals surface area (Å²) in [6.07, 6.45) is 3.79. The smallest absolute Gasteiger partial charge is 0.321 e. The SMILES string of the molecule is CCSC1CCCC1Nc1nc(C(C)C)no1. The first-order chi connectivity index (χ1) is 8.20. The Kier molecular flexibility index (Phi) is 4.31. The van der Waals surface area contributed by atoms with Gasteiger partial charge in [-0.1, -0.05) is 32.3 Å². The van der Waals surface area contributed by atoms with Crippen LogP contribution in [0, 0.1) is 0 Å². The van der Waals surface area contributed by atoms with Crippen LogP contribution in [0.2, 0.25) is 0 Å². The minimum atomic E-state index is 0.318. The molecule has 1 heterocycles. The van der Waals surface area contributed by atoms with Crippen LogP contribution < -0.4 is 5.32 Å². The third kappa shape index (κ3) is 3.15. The van der Waals surface area contributed by atoms with Crippen molar-refractivity contribution >= 4 is 17.8 Å². The van der Waals surface area contributed by atoms with E-state index in [1.165, 1.54) is 25.0 Å². The van der Waals surface area contributed by atoms with Crippen LogP contribution >= 0.6 is 11.8 Å². The molecule has 0 saturated heterocycles. The van der Waals surface area contributed by atoms with Crippen molar-refractivity contribution in [2.45, 2.75) is 57.2 Å². The van der Waals surface area contributed by atoms with Gasteiger partial charge in [-0.15, -0.1) is 0 Å². The summed E-state index contributed by atoms with van der Waals surface area (Å²) in [6, 6.07) is 1.07. The van der Waals surface area contributed by atoms with Crippen LogP contribution in [-0.2, 0) is 0 Å². The van der Waals surface area contributed by atoms with E-state index in [0.29, 0.717) is 23.2 Å². The summed E-state index contributed by atoms with van der Waals surface area (Å²) in [5, 5.41) is 8.05. The summed E-state index contributed by atoms with van der Waals surface area (Å²) >= 11 is 2.03. The van der Waals surface area contributed by atoms with Gasteiger partial charge in [-0.25, -0.2) is 0 Å². The number of nitrogens with one attached hydrogen (secondary N) is 1. The molecule has 2 rings (SSSR count). The van der Waals surface area contributed by atoms with Gasteiger partial charge in [0, 0.05) is 17.2 Å². The van der Waals surface area contributed by atoms with E-state index >= 15 is 0 Å². The van der Waals surface area contributed by atoms with E-state index in [1.807, 2.05) is 11.8 Å². The largest absolute Gasteiger partial charge is 0.334 e. The number of hydrogen-bond donors (Lipinski definition) is 1. The predicted molar refractivity (Wildman–Crippen MR) is 71.6 cm³/mol. The van der Waals surface area contributed by atoms with Crippen molar-refractivity contribution in [1.29, 1.82) is 0 Å². The van der Waals surface area contributed by atoms with Gasteiger partial charge in [-0.05, 0) is 18.6 Å². The van der Waals surface area contributed by atoms with Crippen molar-refractivity contribution in [2.24, 2.45) is 0 Å². The Morgan fingerprint density at radius 2 is 2.29 bits per heavy atom. The van der Waals surface area contributed by atoms with Crippen LogP contribution in [0.15, 0.2) is 4.52 Å². The molecule has 0 bridgehead atoms. The quantitative estimate of drug-likeness (QED) is 0.875. The van der Waals surface area contributed by atoms with Crippen molar-refractivity contribution in [3.63, 3.8) is 0 Å². The highest BCUT2D eigenvalue weighted by Crippen LogP contribution is 2.31. The van der Waals surface area contributed by atoms with Gasteiger partial charge in [0.2, 0.25) is 0 Å². The lowest BCUT2D eigenvalue weighted by Crippen LogP contribution is -2.26. The maximum absolute atomic E-state index is 5.23. The molecular weight excluding hydrogens is 234 g/mol. The minimum Gasteiger partial charge on any atom is -0.334 e. The molecule has 2 unspecified atom stereocenters. The van der Waals surface area contributed by atoms with Gasteiger partial charge in [-0.3, -0.25) is 0 Å². The molecule has 1 aromatic heterocycles. The Morgan fingerprint density at radius 3 is 2.94 bits per heavy atom. The Bertz CT molecular complexity index is 353. The van der Waals surface area contributed by atoms with Crippen LogP contribution in [0.3, 0.4) is 0 Å². The fourth-order valence-corrected chi connectivity index (χ4v) is 3.39.